The van der Waals surface area contributed by atoms with Crippen LogP contribution in [0.5, 0.6) is 0 Å². The highest BCUT2D eigenvalue weighted by molar-refractivity contribution is 6.30. The number of nitrogens with zero attached hydrogens (tertiary/aromatic N) is 1. The fraction of sp³-hybridized carbons (Fsp3) is 0.304. The molecule has 0 saturated heterocycles. The maximum Gasteiger partial charge on any atom is 0.224 e. The Balaban J connectivity index is 0.000000177. The monoisotopic (exact) mass is 380 g/mol. The number of hydrogen-bond acceptors (Lipinski definition) is 2. The number of halogens is 1. The first-order valence-corrected chi connectivity index (χ1v) is 9.94. The molecule has 3 aromatic rings. The summed E-state index contributed by atoms with van der Waals surface area (Å²) in [5.41, 5.74) is 1.89. The second kappa shape index (κ2) is 10.1. The Hall–Kier alpha value is -2.39. The van der Waals surface area contributed by atoms with Crippen LogP contribution in [0.1, 0.15) is 38.5 Å². The summed E-state index contributed by atoms with van der Waals surface area (Å²) in [5.74, 6) is 0.704. The van der Waals surface area contributed by atoms with E-state index in [1.807, 2.05) is 42.6 Å². The van der Waals surface area contributed by atoms with Gasteiger partial charge in [-0.05, 0) is 55.2 Å². The molecule has 4 heteroatoms. The average molecular weight is 381 g/mol. The molecule has 1 heterocycles. The maximum atomic E-state index is 11.8. The zero-order valence-corrected chi connectivity index (χ0v) is 16.2. The summed E-state index contributed by atoms with van der Waals surface area (Å²) in [7, 11) is 0. The smallest absolute Gasteiger partial charge is 0.224 e. The van der Waals surface area contributed by atoms with Crippen LogP contribution in [-0.4, -0.2) is 10.9 Å². The van der Waals surface area contributed by atoms with Gasteiger partial charge < -0.3 is 5.32 Å². The van der Waals surface area contributed by atoms with E-state index in [-0.39, 0.29) is 5.91 Å². The minimum Gasteiger partial charge on any atom is -0.326 e. The fourth-order valence-electron chi connectivity index (χ4n) is 3.41. The number of fused-ring (bicyclic) bond motifs is 1. The Kier molecular flexibility index (Phi) is 7.23. The largest absolute Gasteiger partial charge is 0.326 e. The lowest BCUT2D eigenvalue weighted by atomic mass is 9.87. The van der Waals surface area contributed by atoms with Gasteiger partial charge in [-0.15, -0.1) is 0 Å². The van der Waals surface area contributed by atoms with E-state index in [0.717, 1.165) is 11.2 Å². The highest BCUT2D eigenvalue weighted by atomic mass is 35.5. The van der Waals surface area contributed by atoms with Gasteiger partial charge in [-0.3, -0.25) is 9.78 Å². The average Bonchev–Trinajstić information content (AvgIpc) is 2.71. The van der Waals surface area contributed by atoms with E-state index in [2.05, 4.69) is 22.4 Å². The normalized spacial score (nSPS) is 14.3. The van der Waals surface area contributed by atoms with Crippen molar-refractivity contribution < 1.29 is 4.79 Å². The Morgan fingerprint density at radius 1 is 0.963 bits per heavy atom. The maximum absolute atomic E-state index is 11.8. The van der Waals surface area contributed by atoms with Gasteiger partial charge in [0.1, 0.15) is 0 Å². The topological polar surface area (TPSA) is 42.0 Å². The van der Waals surface area contributed by atoms with E-state index in [1.54, 1.807) is 12.1 Å². The molecule has 0 atom stereocenters. The van der Waals surface area contributed by atoms with Crippen LogP contribution >= 0.6 is 11.6 Å². The van der Waals surface area contributed by atoms with Crippen LogP contribution in [0.3, 0.4) is 0 Å². The summed E-state index contributed by atoms with van der Waals surface area (Å²) < 4.78 is 0. The first-order chi connectivity index (χ1) is 13.2. The number of para-hydroxylation sites is 1. The SMILES string of the molecule is O=C(CC1CCCCC1)Nc1ccc(Cl)cc1.c1ccc2ncccc2c1. The third-order valence-corrected chi connectivity index (χ3v) is 5.09. The predicted octanol–water partition coefficient (Wildman–Crippen LogP) is 6.48. The summed E-state index contributed by atoms with van der Waals surface area (Å²) in [6, 6.07) is 19.3. The van der Waals surface area contributed by atoms with Crippen molar-refractivity contribution in [3.8, 4) is 0 Å². The highest BCUT2D eigenvalue weighted by Gasteiger charge is 2.16. The van der Waals surface area contributed by atoms with E-state index in [9.17, 15) is 4.79 Å². The van der Waals surface area contributed by atoms with Crippen LogP contribution in [0, 0.1) is 5.92 Å². The molecule has 27 heavy (non-hydrogen) atoms. The number of carbonyl (C=O) groups excluding carboxylic acids is 1. The van der Waals surface area contributed by atoms with Crippen molar-refractivity contribution in [3.05, 3.63) is 71.9 Å². The number of amides is 1. The van der Waals surface area contributed by atoms with Gasteiger partial charge in [-0.1, -0.05) is 55.1 Å². The molecular weight excluding hydrogens is 356 g/mol. The summed E-state index contributed by atoms with van der Waals surface area (Å²) in [6.07, 6.45) is 8.75. The van der Waals surface area contributed by atoms with E-state index >= 15 is 0 Å². The van der Waals surface area contributed by atoms with Crippen LogP contribution in [0.4, 0.5) is 5.69 Å². The van der Waals surface area contributed by atoms with Gasteiger partial charge in [0.2, 0.25) is 5.91 Å². The molecule has 0 aliphatic heterocycles. The van der Waals surface area contributed by atoms with E-state index in [1.165, 1.54) is 37.5 Å². The summed E-state index contributed by atoms with van der Waals surface area (Å²) in [6.45, 7) is 0. The quantitative estimate of drug-likeness (QED) is 0.564. The predicted molar refractivity (Wildman–Crippen MR) is 113 cm³/mol. The molecule has 0 radical (unpaired) electrons. The second-order valence-corrected chi connectivity index (χ2v) is 7.40. The summed E-state index contributed by atoms with van der Waals surface area (Å²) in [4.78, 5) is 16.0. The zero-order chi connectivity index (χ0) is 18.9. The molecule has 1 fully saturated rings. The van der Waals surface area contributed by atoms with E-state index in [4.69, 9.17) is 11.6 Å². The highest BCUT2D eigenvalue weighted by Crippen LogP contribution is 2.26. The van der Waals surface area contributed by atoms with Crippen LogP contribution in [0.25, 0.3) is 10.9 Å². The van der Waals surface area contributed by atoms with Gasteiger partial charge in [-0.25, -0.2) is 0 Å². The summed E-state index contributed by atoms with van der Waals surface area (Å²) in [5, 5.41) is 4.81. The van der Waals surface area contributed by atoms with Crippen molar-refractivity contribution in [2.24, 2.45) is 5.92 Å². The van der Waals surface area contributed by atoms with Gasteiger partial charge in [-0.2, -0.15) is 0 Å². The van der Waals surface area contributed by atoms with E-state index < -0.39 is 0 Å². The Morgan fingerprint density at radius 3 is 2.41 bits per heavy atom. The van der Waals surface area contributed by atoms with Crippen molar-refractivity contribution in [2.75, 3.05) is 5.32 Å². The fourth-order valence-corrected chi connectivity index (χ4v) is 3.54. The van der Waals surface area contributed by atoms with E-state index in [0.29, 0.717) is 17.4 Å². The molecule has 3 nitrogen and oxygen atoms in total. The number of pyridine rings is 1. The number of anilines is 1. The van der Waals surface area contributed by atoms with Crippen molar-refractivity contribution in [1.82, 2.24) is 4.98 Å². The minimum atomic E-state index is 0.124. The molecule has 4 rings (SSSR count). The molecule has 1 amide bonds. The van der Waals surface area contributed by atoms with Gasteiger partial charge in [0.15, 0.2) is 0 Å². The molecule has 140 valence electrons. The lowest BCUT2D eigenvalue weighted by Gasteiger charge is -2.20. The van der Waals surface area contributed by atoms with Gasteiger partial charge >= 0.3 is 0 Å². The first-order valence-electron chi connectivity index (χ1n) is 9.56. The summed E-state index contributed by atoms with van der Waals surface area (Å²) >= 11 is 5.79. The molecular formula is C23H25ClN2O. The Labute approximate surface area is 165 Å². The molecule has 2 aromatic carbocycles. The minimum absolute atomic E-state index is 0.124. The molecule has 0 unspecified atom stereocenters. The number of aromatic nitrogens is 1. The number of benzene rings is 2. The zero-order valence-electron chi connectivity index (χ0n) is 15.4. The van der Waals surface area contributed by atoms with Crippen LogP contribution in [0.15, 0.2) is 66.9 Å². The van der Waals surface area contributed by atoms with Gasteiger partial charge in [0.05, 0.1) is 5.52 Å². The van der Waals surface area contributed by atoms with Crippen molar-refractivity contribution in [3.63, 3.8) is 0 Å². The molecule has 1 aromatic heterocycles. The third kappa shape index (κ3) is 6.37. The lowest BCUT2D eigenvalue weighted by molar-refractivity contribution is -0.117. The lowest BCUT2D eigenvalue weighted by Crippen LogP contribution is -2.18. The molecule has 0 spiro atoms. The van der Waals surface area contributed by atoms with Crippen LogP contribution in [-0.2, 0) is 4.79 Å². The molecule has 1 saturated carbocycles. The molecule has 0 bridgehead atoms. The molecule has 1 aliphatic carbocycles. The number of hydrogen-bond donors (Lipinski definition) is 1. The third-order valence-electron chi connectivity index (χ3n) is 4.84. The number of rotatable bonds is 3. The Bertz CT molecular complexity index is 792. The van der Waals surface area contributed by atoms with Crippen molar-refractivity contribution >= 4 is 34.1 Å². The second-order valence-electron chi connectivity index (χ2n) is 6.96. The van der Waals surface area contributed by atoms with Gasteiger partial charge in [0.25, 0.3) is 0 Å². The van der Waals surface area contributed by atoms with Gasteiger partial charge in [0, 0.05) is 28.7 Å². The molecule has 1 N–H and O–H groups in total. The number of carbonyl (C=O) groups is 1. The van der Waals surface area contributed by atoms with Crippen LogP contribution in [0.2, 0.25) is 5.02 Å². The van der Waals surface area contributed by atoms with Crippen molar-refractivity contribution in [2.45, 2.75) is 38.5 Å². The Morgan fingerprint density at radius 2 is 1.67 bits per heavy atom. The van der Waals surface area contributed by atoms with Crippen molar-refractivity contribution in [1.29, 1.82) is 0 Å². The van der Waals surface area contributed by atoms with Crippen LogP contribution < -0.4 is 5.32 Å². The molecule has 1 aliphatic rings. The standard InChI is InChI=1S/C14H18ClNO.C9H7N/c15-12-6-8-13(9-7-12)16-14(17)10-11-4-2-1-3-5-11;1-2-6-9-8(4-1)5-3-7-10-9/h6-9,11H,1-5,10H2,(H,16,17);1-7H. The number of nitrogens with one attached hydrogen (secondary N) is 1. The first kappa shape index (κ1) is 19.4.